The van der Waals surface area contributed by atoms with E-state index in [0.29, 0.717) is 5.56 Å². The number of rotatable bonds is 6. The van der Waals surface area contributed by atoms with Crippen LogP contribution in [0.4, 0.5) is 4.39 Å². The lowest BCUT2D eigenvalue weighted by atomic mass is 10.2. The second-order valence-electron chi connectivity index (χ2n) is 4.95. The molecule has 2 rings (SSSR count). The zero-order chi connectivity index (χ0) is 17.1. The van der Waals surface area contributed by atoms with E-state index in [1.165, 1.54) is 42.5 Å². The molecule has 0 radical (unpaired) electrons. The zero-order valence-electron chi connectivity index (χ0n) is 12.3. The molecule has 0 aromatic heterocycles. The van der Waals surface area contributed by atoms with Gasteiger partial charge in [-0.3, -0.25) is 0 Å². The van der Waals surface area contributed by atoms with Crippen LogP contribution in [0.5, 0.6) is 0 Å². The van der Waals surface area contributed by atoms with Gasteiger partial charge in [0.1, 0.15) is 5.82 Å². The zero-order valence-corrected chi connectivity index (χ0v) is 13.9. The molecule has 0 fully saturated rings. The van der Waals surface area contributed by atoms with Gasteiger partial charge < -0.3 is 4.74 Å². The molecular formula is C15H15FO5S2. The van der Waals surface area contributed by atoms with E-state index in [1.807, 2.05) is 0 Å². The van der Waals surface area contributed by atoms with Gasteiger partial charge in [-0.2, -0.15) is 0 Å². The van der Waals surface area contributed by atoms with Gasteiger partial charge in [0.2, 0.25) is 9.84 Å². The summed E-state index contributed by atoms with van der Waals surface area (Å²) in [5, 5.41) is 0. The minimum absolute atomic E-state index is 0.00524. The Labute approximate surface area is 134 Å². The molecule has 0 heterocycles. The van der Waals surface area contributed by atoms with E-state index in [1.54, 1.807) is 0 Å². The largest absolute Gasteiger partial charge is 0.360 e. The third kappa shape index (κ3) is 4.85. The second kappa shape index (κ2) is 6.77. The Morgan fingerprint density at radius 1 is 0.957 bits per heavy atom. The highest BCUT2D eigenvalue weighted by Crippen LogP contribution is 2.17. The molecular weight excluding hydrogens is 343 g/mol. The highest BCUT2D eigenvalue weighted by Gasteiger charge is 2.17. The van der Waals surface area contributed by atoms with Crippen molar-refractivity contribution in [2.75, 3.05) is 12.2 Å². The molecule has 0 saturated carbocycles. The van der Waals surface area contributed by atoms with Gasteiger partial charge in [-0.25, -0.2) is 21.2 Å². The van der Waals surface area contributed by atoms with E-state index >= 15 is 0 Å². The lowest BCUT2D eigenvalue weighted by Gasteiger charge is -2.07. The van der Waals surface area contributed by atoms with Crippen molar-refractivity contribution in [3.8, 4) is 0 Å². The minimum atomic E-state index is -3.78. The van der Waals surface area contributed by atoms with E-state index in [4.69, 9.17) is 4.74 Å². The average Bonchev–Trinajstić information content (AvgIpc) is 2.48. The van der Waals surface area contributed by atoms with Crippen LogP contribution in [0, 0.1) is 5.82 Å². The van der Waals surface area contributed by atoms with E-state index in [0.717, 1.165) is 12.3 Å². The number of halogens is 1. The first-order chi connectivity index (χ1) is 10.7. The first kappa shape index (κ1) is 17.6. The summed E-state index contributed by atoms with van der Waals surface area (Å²) in [6.07, 6.45) is 1.00. The molecule has 0 saturated heterocycles. The summed E-state index contributed by atoms with van der Waals surface area (Å²) in [4.78, 5) is -0.198. The fraction of sp³-hybridized carbons (Fsp3) is 0.200. The Kier molecular flexibility index (Phi) is 5.18. The summed E-state index contributed by atoms with van der Waals surface area (Å²) >= 11 is 0. The predicted octanol–water partition coefficient (Wildman–Crippen LogP) is 2.18. The molecule has 0 spiro atoms. The van der Waals surface area contributed by atoms with Crippen LogP contribution < -0.4 is 0 Å². The predicted molar refractivity (Wildman–Crippen MR) is 82.8 cm³/mol. The van der Waals surface area contributed by atoms with E-state index in [9.17, 15) is 21.2 Å². The van der Waals surface area contributed by atoms with Gasteiger partial charge in [-0.15, -0.1) is 0 Å². The van der Waals surface area contributed by atoms with Crippen LogP contribution in [0.1, 0.15) is 5.56 Å². The number of ether oxygens (including phenoxy) is 1. The standard InChI is InChI=1S/C15H15FO5S2/c1-22(17,18)14-3-2-4-15(9-14)23(19,20)11-21-10-12-5-7-13(16)8-6-12/h2-9H,10-11H2,1H3. The molecule has 8 heteroatoms. The smallest absolute Gasteiger partial charge is 0.202 e. The topological polar surface area (TPSA) is 77.5 Å². The van der Waals surface area contributed by atoms with Crippen molar-refractivity contribution >= 4 is 19.7 Å². The van der Waals surface area contributed by atoms with E-state index < -0.39 is 25.6 Å². The fourth-order valence-electron chi connectivity index (χ4n) is 1.82. The maximum Gasteiger partial charge on any atom is 0.202 e. The van der Waals surface area contributed by atoms with E-state index in [-0.39, 0.29) is 22.2 Å². The van der Waals surface area contributed by atoms with Gasteiger partial charge in [0.25, 0.3) is 0 Å². The third-order valence-corrected chi connectivity index (χ3v) is 5.57. The Morgan fingerprint density at radius 2 is 1.57 bits per heavy atom. The molecule has 0 aliphatic rings. The SMILES string of the molecule is CS(=O)(=O)c1cccc(S(=O)(=O)COCc2ccc(F)cc2)c1. The quantitative estimate of drug-likeness (QED) is 0.791. The molecule has 0 aliphatic heterocycles. The van der Waals surface area contributed by atoms with Crippen molar-refractivity contribution in [2.45, 2.75) is 16.4 Å². The molecule has 23 heavy (non-hydrogen) atoms. The third-order valence-electron chi connectivity index (χ3n) is 3.01. The van der Waals surface area contributed by atoms with Crippen molar-refractivity contribution in [2.24, 2.45) is 0 Å². The highest BCUT2D eigenvalue weighted by atomic mass is 32.2. The molecule has 2 aromatic carbocycles. The fourth-order valence-corrected chi connectivity index (χ4v) is 3.59. The molecule has 5 nitrogen and oxygen atoms in total. The van der Waals surface area contributed by atoms with Crippen LogP contribution >= 0.6 is 0 Å². The molecule has 0 amide bonds. The Hall–Kier alpha value is -1.77. The second-order valence-corrected chi connectivity index (χ2v) is 8.91. The summed E-state index contributed by atoms with van der Waals surface area (Å²) < 4.78 is 65.2. The van der Waals surface area contributed by atoms with Crippen molar-refractivity contribution in [1.82, 2.24) is 0 Å². The lowest BCUT2D eigenvalue weighted by Crippen LogP contribution is -2.11. The first-order valence-corrected chi connectivity index (χ1v) is 10.1. The molecule has 0 atom stereocenters. The number of hydrogen-bond acceptors (Lipinski definition) is 5. The van der Waals surface area contributed by atoms with Crippen molar-refractivity contribution in [1.29, 1.82) is 0 Å². The number of sulfone groups is 2. The maximum absolute atomic E-state index is 12.8. The van der Waals surface area contributed by atoms with Crippen molar-refractivity contribution < 1.29 is 26.0 Å². The minimum Gasteiger partial charge on any atom is -0.360 e. The average molecular weight is 358 g/mol. The Balaban J connectivity index is 2.08. The molecule has 0 bridgehead atoms. The van der Waals surface area contributed by atoms with Crippen LogP contribution in [0.15, 0.2) is 58.3 Å². The summed E-state index contributed by atoms with van der Waals surface area (Å²) in [6, 6.07) is 10.6. The van der Waals surface area contributed by atoms with Gasteiger partial charge in [-0.05, 0) is 35.9 Å². The number of benzene rings is 2. The van der Waals surface area contributed by atoms with Crippen LogP contribution in [-0.2, 0) is 31.0 Å². The van der Waals surface area contributed by atoms with Crippen LogP contribution in [0.25, 0.3) is 0 Å². The summed E-state index contributed by atoms with van der Waals surface area (Å²) in [5.41, 5.74) is 0.631. The molecule has 124 valence electrons. The molecule has 0 N–H and O–H groups in total. The molecule has 0 unspecified atom stereocenters. The van der Waals surface area contributed by atoms with Crippen LogP contribution in [-0.4, -0.2) is 29.0 Å². The highest BCUT2D eigenvalue weighted by molar-refractivity contribution is 7.91. The first-order valence-electron chi connectivity index (χ1n) is 6.53. The summed E-state index contributed by atoms with van der Waals surface area (Å²) in [5.74, 6) is -0.989. The van der Waals surface area contributed by atoms with Gasteiger partial charge in [0.15, 0.2) is 15.8 Å². The van der Waals surface area contributed by atoms with E-state index in [2.05, 4.69) is 0 Å². The number of hydrogen-bond donors (Lipinski definition) is 0. The van der Waals surface area contributed by atoms with Crippen LogP contribution in [0.2, 0.25) is 0 Å². The van der Waals surface area contributed by atoms with Gasteiger partial charge >= 0.3 is 0 Å². The monoisotopic (exact) mass is 358 g/mol. The molecule has 0 aliphatic carbocycles. The van der Waals surface area contributed by atoms with Crippen molar-refractivity contribution in [3.63, 3.8) is 0 Å². The summed E-state index contributed by atoms with van der Waals surface area (Å²) in [7, 11) is -7.28. The Morgan fingerprint density at radius 3 is 2.17 bits per heavy atom. The van der Waals surface area contributed by atoms with Gasteiger partial charge in [-0.1, -0.05) is 18.2 Å². The van der Waals surface area contributed by atoms with Gasteiger partial charge in [0.05, 0.1) is 16.4 Å². The maximum atomic E-state index is 12.8. The lowest BCUT2D eigenvalue weighted by molar-refractivity contribution is 0.163. The Bertz CT molecular complexity index is 888. The molecule has 2 aromatic rings. The van der Waals surface area contributed by atoms with Crippen LogP contribution in [0.3, 0.4) is 0 Å². The van der Waals surface area contributed by atoms with Gasteiger partial charge in [0, 0.05) is 6.26 Å². The van der Waals surface area contributed by atoms with Crippen molar-refractivity contribution in [3.05, 3.63) is 59.9 Å². The normalized spacial score (nSPS) is 12.3. The summed E-state index contributed by atoms with van der Waals surface area (Å²) in [6.45, 7) is 0.00524.